The van der Waals surface area contributed by atoms with Gasteiger partial charge in [-0.05, 0) is 48.9 Å². The molecule has 0 fully saturated rings. The van der Waals surface area contributed by atoms with Gasteiger partial charge < -0.3 is 4.74 Å². The quantitative estimate of drug-likeness (QED) is 0.780. The third-order valence-electron chi connectivity index (χ3n) is 3.91. The zero-order valence-corrected chi connectivity index (χ0v) is 12.6. The number of hydrogen-bond donors (Lipinski definition) is 0. The average molecular weight is 295 g/mol. The molecular formula is C19H18FNO. The molecule has 1 unspecified atom stereocenters. The molecule has 2 nitrogen and oxygen atoms in total. The summed E-state index contributed by atoms with van der Waals surface area (Å²) in [7, 11) is 0. The van der Waals surface area contributed by atoms with Crippen LogP contribution in [-0.4, -0.2) is 11.6 Å². The van der Waals surface area contributed by atoms with Gasteiger partial charge in [-0.15, -0.1) is 0 Å². The number of hydrogen-bond acceptors (Lipinski definition) is 2. The third kappa shape index (κ3) is 2.93. The lowest BCUT2D eigenvalue weighted by Gasteiger charge is -2.12. The van der Waals surface area contributed by atoms with Crippen molar-refractivity contribution in [2.24, 2.45) is 5.92 Å². The van der Waals surface area contributed by atoms with E-state index < -0.39 is 0 Å². The highest BCUT2D eigenvalue weighted by Gasteiger charge is 2.29. The minimum atomic E-state index is -0.245. The largest absolute Gasteiger partial charge is 0.492 e. The molecule has 0 bridgehead atoms. The van der Waals surface area contributed by atoms with Crippen LogP contribution in [0.4, 0.5) is 4.39 Å². The zero-order valence-electron chi connectivity index (χ0n) is 12.6. The minimum absolute atomic E-state index is 0.182. The van der Waals surface area contributed by atoms with E-state index in [9.17, 15) is 4.39 Å². The van der Waals surface area contributed by atoms with Gasteiger partial charge in [-0.3, -0.25) is 4.98 Å². The molecule has 1 aliphatic heterocycles. The Morgan fingerprint density at radius 1 is 1.27 bits per heavy atom. The van der Waals surface area contributed by atoms with Crippen molar-refractivity contribution in [3.8, 4) is 0 Å². The summed E-state index contributed by atoms with van der Waals surface area (Å²) in [5.41, 5.74) is 4.13. The first-order valence-corrected chi connectivity index (χ1v) is 7.32. The van der Waals surface area contributed by atoms with E-state index in [4.69, 9.17) is 4.74 Å². The molecule has 3 heteroatoms. The molecule has 1 aliphatic rings. The van der Waals surface area contributed by atoms with E-state index in [0.717, 1.165) is 28.2 Å². The predicted molar refractivity (Wildman–Crippen MR) is 85.5 cm³/mol. The van der Waals surface area contributed by atoms with E-state index in [1.165, 1.54) is 12.1 Å². The average Bonchev–Trinajstić information content (AvgIpc) is 2.93. The molecule has 22 heavy (non-hydrogen) atoms. The van der Waals surface area contributed by atoms with Gasteiger partial charge in [0, 0.05) is 29.8 Å². The molecule has 0 spiro atoms. The number of ether oxygens (including phenoxy) is 1. The Labute approximate surface area is 130 Å². The second kappa shape index (κ2) is 6.14. The second-order valence-corrected chi connectivity index (χ2v) is 5.57. The minimum Gasteiger partial charge on any atom is -0.492 e. The van der Waals surface area contributed by atoms with Crippen LogP contribution in [0.1, 0.15) is 18.2 Å². The standard InChI is InChI=1S/C19H18FNO/c1-13(2)18-12-22-19(14-6-8-15(20)9-7-14)17(18)11-16-5-3-4-10-21-16/h3-10,18H,1,11-12H2,2H3. The number of rotatable bonds is 4. The van der Waals surface area contributed by atoms with E-state index >= 15 is 0 Å². The van der Waals surface area contributed by atoms with Gasteiger partial charge in [-0.2, -0.15) is 0 Å². The van der Waals surface area contributed by atoms with Crippen LogP contribution >= 0.6 is 0 Å². The number of nitrogens with zero attached hydrogens (tertiary/aromatic N) is 1. The van der Waals surface area contributed by atoms with E-state index in [1.54, 1.807) is 18.3 Å². The summed E-state index contributed by atoms with van der Waals surface area (Å²) >= 11 is 0. The maximum atomic E-state index is 13.1. The van der Waals surface area contributed by atoms with E-state index in [1.807, 2.05) is 25.1 Å². The van der Waals surface area contributed by atoms with E-state index in [0.29, 0.717) is 13.0 Å². The van der Waals surface area contributed by atoms with E-state index in [2.05, 4.69) is 11.6 Å². The molecular weight excluding hydrogens is 277 g/mol. The lowest BCUT2D eigenvalue weighted by Crippen LogP contribution is -2.08. The third-order valence-corrected chi connectivity index (χ3v) is 3.91. The Hall–Kier alpha value is -2.42. The monoisotopic (exact) mass is 295 g/mol. The van der Waals surface area contributed by atoms with Crippen LogP contribution < -0.4 is 0 Å². The zero-order chi connectivity index (χ0) is 15.5. The number of aromatic nitrogens is 1. The highest BCUT2D eigenvalue weighted by atomic mass is 19.1. The van der Waals surface area contributed by atoms with Crippen molar-refractivity contribution in [2.45, 2.75) is 13.3 Å². The molecule has 0 radical (unpaired) electrons. The van der Waals surface area contributed by atoms with Crippen LogP contribution in [0, 0.1) is 11.7 Å². The normalized spacial score (nSPS) is 17.5. The molecule has 1 aromatic carbocycles. The predicted octanol–water partition coefficient (Wildman–Crippen LogP) is 4.40. The molecule has 0 amide bonds. The van der Waals surface area contributed by atoms with Gasteiger partial charge in [0.25, 0.3) is 0 Å². The summed E-state index contributed by atoms with van der Waals surface area (Å²) in [4.78, 5) is 4.40. The van der Waals surface area contributed by atoms with E-state index in [-0.39, 0.29) is 11.7 Å². The van der Waals surface area contributed by atoms with Gasteiger partial charge in [0.05, 0.1) is 6.61 Å². The van der Waals surface area contributed by atoms with Crippen molar-refractivity contribution in [1.82, 2.24) is 4.98 Å². The Balaban J connectivity index is 2.01. The molecule has 112 valence electrons. The Morgan fingerprint density at radius 2 is 2.05 bits per heavy atom. The Bertz CT molecular complexity index is 704. The maximum Gasteiger partial charge on any atom is 0.126 e. The van der Waals surface area contributed by atoms with Crippen molar-refractivity contribution in [3.63, 3.8) is 0 Å². The summed E-state index contributed by atoms with van der Waals surface area (Å²) in [5, 5.41) is 0. The van der Waals surface area contributed by atoms with Gasteiger partial charge >= 0.3 is 0 Å². The number of pyridine rings is 1. The van der Waals surface area contributed by atoms with Crippen LogP contribution in [0.25, 0.3) is 5.76 Å². The fraction of sp³-hybridized carbons (Fsp3) is 0.211. The summed E-state index contributed by atoms with van der Waals surface area (Å²) in [6.07, 6.45) is 2.50. The van der Waals surface area contributed by atoms with Gasteiger partial charge in [-0.1, -0.05) is 18.2 Å². The summed E-state index contributed by atoms with van der Waals surface area (Å²) < 4.78 is 19.0. The number of benzene rings is 1. The first kappa shape index (κ1) is 14.5. The molecule has 0 aliphatic carbocycles. The van der Waals surface area contributed by atoms with Crippen molar-refractivity contribution in [2.75, 3.05) is 6.61 Å². The summed E-state index contributed by atoms with van der Waals surface area (Å²) in [6, 6.07) is 12.3. The second-order valence-electron chi connectivity index (χ2n) is 5.57. The molecule has 2 aromatic rings. The van der Waals surface area contributed by atoms with Crippen LogP contribution in [0.15, 0.2) is 66.4 Å². The van der Waals surface area contributed by atoms with Gasteiger partial charge in [0.15, 0.2) is 0 Å². The molecule has 1 aromatic heterocycles. The van der Waals surface area contributed by atoms with Crippen LogP contribution in [0.5, 0.6) is 0 Å². The molecule has 0 N–H and O–H groups in total. The summed E-state index contributed by atoms with van der Waals surface area (Å²) in [5.74, 6) is 0.769. The molecule has 0 saturated heterocycles. The lowest BCUT2D eigenvalue weighted by atomic mass is 9.89. The van der Waals surface area contributed by atoms with Crippen molar-refractivity contribution >= 4 is 5.76 Å². The Kier molecular flexibility index (Phi) is 4.05. The highest BCUT2D eigenvalue weighted by molar-refractivity contribution is 5.66. The van der Waals surface area contributed by atoms with Crippen molar-refractivity contribution in [1.29, 1.82) is 0 Å². The molecule has 2 heterocycles. The smallest absolute Gasteiger partial charge is 0.126 e. The van der Waals surface area contributed by atoms with Crippen LogP contribution in [0.3, 0.4) is 0 Å². The fourth-order valence-corrected chi connectivity index (χ4v) is 2.73. The number of halogens is 1. The first-order valence-electron chi connectivity index (χ1n) is 7.32. The van der Waals surface area contributed by atoms with Gasteiger partial charge in [0.1, 0.15) is 11.6 Å². The Morgan fingerprint density at radius 3 is 2.68 bits per heavy atom. The SMILES string of the molecule is C=C(C)C1COC(c2ccc(F)cc2)=C1Cc1ccccn1. The molecule has 3 rings (SSSR count). The van der Waals surface area contributed by atoms with Gasteiger partial charge in [0.2, 0.25) is 0 Å². The van der Waals surface area contributed by atoms with Gasteiger partial charge in [-0.25, -0.2) is 4.39 Å². The topological polar surface area (TPSA) is 22.1 Å². The molecule has 1 atom stereocenters. The van der Waals surface area contributed by atoms with Crippen molar-refractivity contribution in [3.05, 3.63) is 83.5 Å². The first-order chi connectivity index (χ1) is 10.6. The molecule has 0 saturated carbocycles. The lowest BCUT2D eigenvalue weighted by molar-refractivity contribution is 0.282. The highest BCUT2D eigenvalue weighted by Crippen LogP contribution is 2.37. The van der Waals surface area contributed by atoms with Crippen LogP contribution in [0.2, 0.25) is 0 Å². The fourth-order valence-electron chi connectivity index (χ4n) is 2.73. The van der Waals surface area contributed by atoms with Crippen LogP contribution in [-0.2, 0) is 11.2 Å². The maximum absolute atomic E-state index is 13.1. The summed E-state index contributed by atoms with van der Waals surface area (Å²) in [6.45, 7) is 6.68. The van der Waals surface area contributed by atoms with Crippen molar-refractivity contribution < 1.29 is 9.13 Å².